The van der Waals surface area contributed by atoms with Crippen LogP contribution in [0.1, 0.15) is 36.7 Å². The minimum absolute atomic E-state index is 0.142. The fraction of sp³-hybridized carbons (Fsp3) is 0.467. The first kappa shape index (κ1) is 16.2. The Kier molecular flexibility index (Phi) is 5.27. The number of benzene rings is 1. The van der Waals surface area contributed by atoms with E-state index in [1.807, 2.05) is 19.9 Å². The van der Waals surface area contributed by atoms with Crippen LogP contribution in [0, 0.1) is 6.92 Å². The molecular formula is C15H23N3O2. The summed E-state index contributed by atoms with van der Waals surface area (Å²) in [6.07, 6.45) is 0. The van der Waals surface area contributed by atoms with Gasteiger partial charge in [0, 0.05) is 17.8 Å². The molecular weight excluding hydrogens is 254 g/mol. The van der Waals surface area contributed by atoms with Crippen LogP contribution >= 0.6 is 0 Å². The Morgan fingerprint density at radius 3 is 2.45 bits per heavy atom. The first-order valence-corrected chi connectivity index (χ1v) is 6.71. The molecule has 2 amide bonds. The Morgan fingerprint density at radius 1 is 1.25 bits per heavy atom. The first-order chi connectivity index (χ1) is 9.31. The lowest BCUT2D eigenvalue weighted by Crippen LogP contribution is -2.48. The van der Waals surface area contributed by atoms with Crippen molar-refractivity contribution in [2.75, 3.05) is 18.9 Å². The highest BCUT2D eigenvalue weighted by Gasteiger charge is 2.25. The van der Waals surface area contributed by atoms with Crippen molar-refractivity contribution in [2.45, 2.75) is 33.2 Å². The average molecular weight is 277 g/mol. The molecule has 0 heterocycles. The van der Waals surface area contributed by atoms with Crippen molar-refractivity contribution >= 4 is 17.5 Å². The number of likely N-dealkylation sites (N-methyl/N-ethyl adjacent to an activating group) is 1. The molecule has 3 N–H and O–H groups in total. The second kappa shape index (κ2) is 6.52. The molecule has 1 rings (SSSR count). The maximum absolute atomic E-state index is 12.2. The summed E-state index contributed by atoms with van der Waals surface area (Å²) in [5.41, 5.74) is 1.43. The van der Waals surface area contributed by atoms with Crippen molar-refractivity contribution in [2.24, 2.45) is 0 Å². The van der Waals surface area contributed by atoms with Gasteiger partial charge in [0.25, 0.3) is 5.91 Å². The van der Waals surface area contributed by atoms with Crippen molar-refractivity contribution in [3.63, 3.8) is 0 Å². The molecule has 0 unspecified atom stereocenters. The number of amides is 2. The maximum atomic E-state index is 12.2. The van der Waals surface area contributed by atoms with Crippen LogP contribution in [0.25, 0.3) is 0 Å². The van der Waals surface area contributed by atoms with Gasteiger partial charge in [-0.15, -0.1) is 0 Å². The van der Waals surface area contributed by atoms with Gasteiger partial charge in [-0.1, -0.05) is 6.07 Å². The van der Waals surface area contributed by atoms with Crippen molar-refractivity contribution < 1.29 is 9.59 Å². The van der Waals surface area contributed by atoms with Crippen LogP contribution in [0.15, 0.2) is 18.2 Å². The Balaban J connectivity index is 2.98. The van der Waals surface area contributed by atoms with Crippen molar-refractivity contribution in [1.29, 1.82) is 0 Å². The molecule has 0 atom stereocenters. The van der Waals surface area contributed by atoms with Gasteiger partial charge in [0.05, 0.1) is 5.54 Å². The number of rotatable bonds is 5. The Hall–Kier alpha value is -1.88. The summed E-state index contributed by atoms with van der Waals surface area (Å²) in [6, 6.07) is 5.27. The number of aryl methyl sites for hydroxylation is 1. The van der Waals surface area contributed by atoms with E-state index in [2.05, 4.69) is 16.0 Å². The summed E-state index contributed by atoms with van der Waals surface area (Å²) in [6.45, 7) is 7.92. The van der Waals surface area contributed by atoms with Gasteiger partial charge in [-0.3, -0.25) is 9.59 Å². The molecule has 0 aliphatic carbocycles. The predicted octanol–water partition coefficient (Wildman–Crippen LogP) is 1.68. The molecule has 0 radical (unpaired) electrons. The Morgan fingerprint density at radius 2 is 1.90 bits per heavy atom. The van der Waals surface area contributed by atoms with Gasteiger partial charge >= 0.3 is 0 Å². The highest BCUT2D eigenvalue weighted by Crippen LogP contribution is 2.18. The third-order valence-corrected chi connectivity index (χ3v) is 3.28. The maximum Gasteiger partial charge on any atom is 0.251 e. The van der Waals surface area contributed by atoms with Crippen LogP contribution in [0.2, 0.25) is 0 Å². The molecule has 0 aliphatic rings. The lowest BCUT2D eigenvalue weighted by molar-refractivity contribution is -0.121. The van der Waals surface area contributed by atoms with Crippen molar-refractivity contribution in [3.05, 3.63) is 29.3 Å². The number of carbonyl (C=O) groups excluding carboxylic acids is 2. The molecule has 0 aliphatic heterocycles. The van der Waals surface area contributed by atoms with Crippen LogP contribution < -0.4 is 16.0 Å². The number of hydrogen-bond donors (Lipinski definition) is 3. The largest absolute Gasteiger partial charge is 0.352 e. The Labute approximate surface area is 120 Å². The van der Waals surface area contributed by atoms with E-state index in [0.717, 1.165) is 5.56 Å². The van der Waals surface area contributed by atoms with E-state index in [-0.39, 0.29) is 11.8 Å². The van der Waals surface area contributed by atoms with Crippen LogP contribution in [-0.2, 0) is 4.79 Å². The molecule has 0 aromatic heterocycles. The monoisotopic (exact) mass is 277 g/mol. The summed E-state index contributed by atoms with van der Waals surface area (Å²) in [4.78, 5) is 24.0. The molecule has 0 fully saturated rings. The minimum atomic E-state index is -0.672. The summed E-state index contributed by atoms with van der Waals surface area (Å²) in [5.74, 6) is -0.285. The van der Waals surface area contributed by atoms with Gasteiger partial charge in [-0.05, 0) is 52.4 Å². The second-order valence-corrected chi connectivity index (χ2v) is 5.22. The average Bonchev–Trinajstić information content (AvgIpc) is 2.41. The lowest BCUT2D eigenvalue weighted by atomic mass is 10.0. The van der Waals surface area contributed by atoms with Crippen LogP contribution in [0.3, 0.4) is 0 Å². The number of carbonyl (C=O) groups is 2. The zero-order valence-corrected chi connectivity index (χ0v) is 12.8. The number of hydrogen-bond acceptors (Lipinski definition) is 3. The molecule has 110 valence electrons. The SMILES string of the molecule is CCNC(=O)c1ccc(C)c(NC(=O)C(C)(C)NC)c1. The van der Waals surface area contributed by atoms with Gasteiger partial charge in [0.15, 0.2) is 0 Å². The molecule has 0 saturated heterocycles. The quantitative estimate of drug-likeness (QED) is 0.767. The fourth-order valence-corrected chi connectivity index (χ4v) is 1.55. The smallest absolute Gasteiger partial charge is 0.251 e. The first-order valence-electron chi connectivity index (χ1n) is 6.71. The van der Waals surface area contributed by atoms with E-state index in [1.165, 1.54) is 0 Å². The standard InChI is InChI=1S/C15H23N3O2/c1-6-17-13(19)11-8-7-10(2)12(9-11)18-14(20)15(3,4)16-5/h7-9,16H,6H2,1-5H3,(H,17,19)(H,18,20). The van der Waals surface area contributed by atoms with E-state index in [9.17, 15) is 9.59 Å². The Bertz CT molecular complexity index is 510. The third-order valence-electron chi connectivity index (χ3n) is 3.28. The van der Waals surface area contributed by atoms with Gasteiger partial charge in [0.2, 0.25) is 5.91 Å². The summed E-state index contributed by atoms with van der Waals surface area (Å²) >= 11 is 0. The van der Waals surface area contributed by atoms with Crippen LogP contribution in [-0.4, -0.2) is 30.9 Å². The molecule has 20 heavy (non-hydrogen) atoms. The van der Waals surface area contributed by atoms with Crippen molar-refractivity contribution in [3.8, 4) is 0 Å². The van der Waals surface area contributed by atoms with E-state index < -0.39 is 5.54 Å². The van der Waals surface area contributed by atoms with Gasteiger partial charge in [0.1, 0.15) is 0 Å². The molecule has 5 heteroatoms. The zero-order chi connectivity index (χ0) is 15.3. The van der Waals surface area contributed by atoms with E-state index >= 15 is 0 Å². The highest BCUT2D eigenvalue weighted by molar-refractivity contribution is 6.00. The molecule has 1 aromatic rings. The molecule has 1 aromatic carbocycles. The lowest BCUT2D eigenvalue weighted by Gasteiger charge is -2.23. The van der Waals surface area contributed by atoms with Gasteiger partial charge in [-0.2, -0.15) is 0 Å². The predicted molar refractivity (Wildman–Crippen MR) is 81.0 cm³/mol. The van der Waals surface area contributed by atoms with Crippen LogP contribution in [0.5, 0.6) is 0 Å². The minimum Gasteiger partial charge on any atom is -0.352 e. The fourth-order valence-electron chi connectivity index (χ4n) is 1.55. The summed E-state index contributed by atoms with van der Waals surface area (Å²) in [5, 5.41) is 8.54. The highest BCUT2D eigenvalue weighted by atomic mass is 16.2. The second-order valence-electron chi connectivity index (χ2n) is 5.22. The van der Waals surface area contributed by atoms with Gasteiger partial charge in [-0.25, -0.2) is 0 Å². The molecule has 5 nitrogen and oxygen atoms in total. The summed E-state index contributed by atoms with van der Waals surface area (Å²) in [7, 11) is 1.73. The molecule has 0 bridgehead atoms. The van der Waals surface area contributed by atoms with E-state index in [0.29, 0.717) is 17.8 Å². The molecule has 0 spiro atoms. The normalized spacial score (nSPS) is 11.1. The van der Waals surface area contributed by atoms with Crippen molar-refractivity contribution in [1.82, 2.24) is 10.6 Å². The third kappa shape index (κ3) is 3.81. The van der Waals surface area contributed by atoms with E-state index in [4.69, 9.17) is 0 Å². The van der Waals surface area contributed by atoms with Gasteiger partial charge < -0.3 is 16.0 Å². The number of anilines is 1. The molecule has 0 saturated carbocycles. The number of nitrogens with one attached hydrogen (secondary N) is 3. The topological polar surface area (TPSA) is 70.2 Å². The summed E-state index contributed by atoms with van der Waals surface area (Å²) < 4.78 is 0. The van der Waals surface area contributed by atoms with E-state index in [1.54, 1.807) is 33.0 Å². The zero-order valence-electron chi connectivity index (χ0n) is 12.8. The van der Waals surface area contributed by atoms with Crippen LogP contribution in [0.4, 0.5) is 5.69 Å².